The van der Waals surface area contributed by atoms with E-state index in [2.05, 4.69) is 18.7 Å². The molecular weight excluding hydrogens is 226 g/mol. The van der Waals surface area contributed by atoms with Crippen molar-refractivity contribution < 1.29 is 9.90 Å². The molecule has 3 nitrogen and oxygen atoms in total. The van der Waals surface area contributed by atoms with Crippen molar-refractivity contribution in [2.75, 3.05) is 13.1 Å². The van der Waals surface area contributed by atoms with Gasteiger partial charge in [0.2, 0.25) is 5.91 Å². The summed E-state index contributed by atoms with van der Waals surface area (Å²) in [5, 5.41) is 10.2. The maximum Gasteiger partial charge on any atom is 0.246 e. The van der Waals surface area contributed by atoms with Gasteiger partial charge in [-0.15, -0.1) is 0 Å². The van der Waals surface area contributed by atoms with E-state index in [9.17, 15) is 9.90 Å². The van der Waals surface area contributed by atoms with Crippen molar-refractivity contribution in [3.05, 3.63) is 24.8 Å². The van der Waals surface area contributed by atoms with Crippen LogP contribution in [-0.2, 0) is 4.79 Å². The zero-order valence-corrected chi connectivity index (χ0v) is 11.0. The van der Waals surface area contributed by atoms with Crippen molar-refractivity contribution in [3.63, 3.8) is 0 Å². The highest BCUT2D eigenvalue weighted by Crippen LogP contribution is 2.33. The Morgan fingerprint density at radius 3 is 2.78 bits per heavy atom. The maximum atomic E-state index is 11.9. The first-order valence-electron chi connectivity index (χ1n) is 6.92. The number of nitrogens with zero attached hydrogens (tertiary/aromatic N) is 1. The minimum absolute atomic E-state index is 0.0510. The molecule has 0 heterocycles. The third kappa shape index (κ3) is 3.22. The first-order chi connectivity index (χ1) is 8.63. The highest BCUT2D eigenvalue weighted by Gasteiger charge is 2.37. The van der Waals surface area contributed by atoms with Gasteiger partial charge in [0.1, 0.15) is 0 Å². The minimum atomic E-state index is -0.636. The molecule has 0 aliphatic heterocycles. The van der Waals surface area contributed by atoms with Crippen LogP contribution in [-0.4, -0.2) is 34.6 Å². The van der Waals surface area contributed by atoms with Crippen LogP contribution in [0.15, 0.2) is 24.8 Å². The largest absolute Gasteiger partial charge is 0.388 e. The number of amides is 1. The zero-order valence-electron chi connectivity index (χ0n) is 11.0. The van der Waals surface area contributed by atoms with E-state index < -0.39 is 5.60 Å². The average molecular weight is 249 g/mol. The summed E-state index contributed by atoms with van der Waals surface area (Å²) in [6, 6.07) is 0. The molecule has 0 spiro atoms. The molecule has 0 aromatic rings. The normalized spacial score (nSPS) is 25.3. The van der Waals surface area contributed by atoms with Gasteiger partial charge in [0.25, 0.3) is 0 Å². The summed E-state index contributed by atoms with van der Waals surface area (Å²) >= 11 is 0. The predicted molar refractivity (Wildman–Crippen MR) is 72.1 cm³/mol. The minimum Gasteiger partial charge on any atom is -0.388 e. The van der Waals surface area contributed by atoms with Crippen LogP contribution in [0.4, 0.5) is 0 Å². The van der Waals surface area contributed by atoms with Crippen LogP contribution in [0.3, 0.4) is 0 Å². The van der Waals surface area contributed by atoms with Gasteiger partial charge in [-0.3, -0.25) is 4.79 Å². The number of carbonyl (C=O) groups is 1. The molecule has 0 bridgehead atoms. The average Bonchev–Trinajstić information content (AvgIpc) is 2.36. The number of allylic oxidation sites excluding steroid dienone is 2. The summed E-state index contributed by atoms with van der Waals surface area (Å²) in [4.78, 5) is 13.7. The Hall–Kier alpha value is -1.09. The van der Waals surface area contributed by atoms with E-state index in [0.29, 0.717) is 12.5 Å². The third-order valence-electron chi connectivity index (χ3n) is 4.11. The standard InChI is InChI=1S/C15H23NO2/c1-2-14(17)16(12-15(18)9-6-10-15)11-13-7-4-3-5-8-13/h2-4,13,18H,1,5-12H2. The quantitative estimate of drug-likeness (QED) is 0.600. The third-order valence-corrected chi connectivity index (χ3v) is 4.11. The number of rotatable bonds is 5. The molecule has 1 N–H and O–H groups in total. The molecule has 1 atom stereocenters. The molecule has 1 fully saturated rings. The van der Waals surface area contributed by atoms with Crippen LogP contribution in [0.2, 0.25) is 0 Å². The number of carbonyl (C=O) groups excluding carboxylic acids is 1. The summed E-state index contributed by atoms with van der Waals surface area (Å²) in [5.74, 6) is 0.479. The fraction of sp³-hybridized carbons (Fsp3) is 0.667. The van der Waals surface area contributed by atoms with Gasteiger partial charge in [-0.05, 0) is 50.5 Å². The highest BCUT2D eigenvalue weighted by atomic mass is 16.3. The lowest BCUT2D eigenvalue weighted by Crippen LogP contribution is -2.50. The Balaban J connectivity index is 1.93. The molecular formula is C15H23NO2. The number of aliphatic hydroxyl groups is 1. The molecule has 2 aliphatic rings. The summed E-state index contributed by atoms with van der Waals surface area (Å²) < 4.78 is 0. The molecule has 18 heavy (non-hydrogen) atoms. The van der Waals surface area contributed by atoms with E-state index in [1.54, 1.807) is 4.90 Å². The van der Waals surface area contributed by atoms with E-state index in [1.807, 2.05) is 0 Å². The van der Waals surface area contributed by atoms with E-state index >= 15 is 0 Å². The summed E-state index contributed by atoms with van der Waals surface area (Å²) in [5.41, 5.74) is -0.636. The number of hydrogen-bond acceptors (Lipinski definition) is 2. The highest BCUT2D eigenvalue weighted by molar-refractivity contribution is 5.87. The van der Waals surface area contributed by atoms with Gasteiger partial charge in [0, 0.05) is 13.1 Å². The van der Waals surface area contributed by atoms with Gasteiger partial charge in [-0.1, -0.05) is 18.7 Å². The molecule has 0 aromatic heterocycles. The molecule has 0 aromatic carbocycles. The number of hydrogen-bond donors (Lipinski definition) is 1. The van der Waals surface area contributed by atoms with Crippen molar-refractivity contribution >= 4 is 5.91 Å². The van der Waals surface area contributed by atoms with Crippen molar-refractivity contribution in [1.82, 2.24) is 4.90 Å². The van der Waals surface area contributed by atoms with Gasteiger partial charge in [-0.2, -0.15) is 0 Å². The fourth-order valence-electron chi connectivity index (χ4n) is 2.79. The van der Waals surface area contributed by atoms with E-state index in [0.717, 1.165) is 45.1 Å². The lowest BCUT2D eigenvalue weighted by molar-refractivity contribution is -0.134. The Labute approximate surface area is 109 Å². The zero-order chi connectivity index (χ0) is 13.0. The van der Waals surface area contributed by atoms with Crippen LogP contribution < -0.4 is 0 Å². The summed E-state index contributed by atoms with van der Waals surface area (Å²) in [6.45, 7) is 4.78. The Morgan fingerprint density at radius 1 is 1.50 bits per heavy atom. The molecule has 0 radical (unpaired) electrons. The molecule has 1 amide bonds. The van der Waals surface area contributed by atoms with E-state index in [-0.39, 0.29) is 5.91 Å². The second-order valence-electron chi connectivity index (χ2n) is 5.65. The fourth-order valence-corrected chi connectivity index (χ4v) is 2.79. The Morgan fingerprint density at radius 2 is 2.28 bits per heavy atom. The van der Waals surface area contributed by atoms with Gasteiger partial charge in [0.05, 0.1) is 5.60 Å². The Kier molecular flexibility index (Phi) is 4.23. The first-order valence-corrected chi connectivity index (χ1v) is 6.92. The van der Waals surface area contributed by atoms with Crippen LogP contribution in [0, 0.1) is 5.92 Å². The molecule has 100 valence electrons. The molecule has 2 rings (SSSR count). The smallest absolute Gasteiger partial charge is 0.246 e. The topological polar surface area (TPSA) is 40.5 Å². The van der Waals surface area contributed by atoms with Crippen molar-refractivity contribution in [2.24, 2.45) is 5.92 Å². The SMILES string of the molecule is C=CC(=O)N(CC1CC=CCC1)CC1(O)CCC1. The lowest BCUT2D eigenvalue weighted by Gasteiger charge is -2.41. The van der Waals surface area contributed by atoms with Crippen molar-refractivity contribution in [2.45, 2.75) is 44.1 Å². The Bertz CT molecular complexity index is 344. The van der Waals surface area contributed by atoms with Crippen molar-refractivity contribution in [1.29, 1.82) is 0 Å². The van der Waals surface area contributed by atoms with Gasteiger partial charge in [-0.25, -0.2) is 0 Å². The molecule has 1 unspecified atom stereocenters. The summed E-state index contributed by atoms with van der Waals surface area (Å²) in [7, 11) is 0. The van der Waals surface area contributed by atoms with Crippen LogP contribution >= 0.6 is 0 Å². The lowest BCUT2D eigenvalue weighted by atomic mass is 9.79. The second kappa shape index (κ2) is 5.70. The van der Waals surface area contributed by atoms with Crippen LogP contribution in [0.5, 0.6) is 0 Å². The first kappa shape index (κ1) is 13.3. The van der Waals surface area contributed by atoms with Gasteiger partial charge >= 0.3 is 0 Å². The molecule has 3 heteroatoms. The van der Waals surface area contributed by atoms with Crippen LogP contribution in [0.25, 0.3) is 0 Å². The van der Waals surface area contributed by atoms with E-state index in [4.69, 9.17) is 0 Å². The monoisotopic (exact) mass is 249 g/mol. The molecule has 2 aliphatic carbocycles. The van der Waals surface area contributed by atoms with Gasteiger partial charge in [0.15, 0.2) is 0 Å². The van der Waals surface area contributed by atoms with Gasteiger partial charge < -0.3 is 10.0 Å². The van der Waals surface area contributed by atoms with E-state index in [1.165, 1.54) is 6.08 Å². The molecule has 1 saturated carbocycles. The van der Waals surface area contributed by atoms with Crippen molar-refractivity contribution in [3.8, 4) is 0 Å². The maximum absolute atomic E-state index is 11.9. The predicted octanol–water partition coefficient (Wildman–Crippen LogP) is 2.27. The summed E-state index contributed by atoms with van der Waals surface area (Å²) in [6.07, 6.45) is 11.7. The van der Waals surface area contributed by atoms with Crippen LogP contribution in [0.1, 0.15) is 38.5 Å². The molecule has 0 saturated heterocycles. The second-order valence-corrected chi connectivity index (χ2v) is 5.65.